The number of rotatable bonds is 8. The van der Waals surface area contributed by atoms with Gasteiger partial charge in [-0.2, -0.15) is 8.62 Å². The van der Waals surface area contributed by atoms with Gasteiger partial charge >= 0.3 is 31.3 Å². The summed E-state index contributed by atoms with van der Waals surface area (Å²) in [6.45, 7) is 4.99. The molecule has 0 aliphatic heterocycles. The fourth-order valence-corrected chi connectivity index (χ4v) is 3.33. The molecule has 14 nitrogen and oxygen atoms in total. The third-order valence-electron chi connectivity index (χ3n) is 1.21. The summed E-state index contributed by atoms with van der Waals surface area (Å²) in [5, 5.41) is 0. The lowest BCUT2D eigenvalue weighted by Crippen LogP contribution is -1.96. The predicted octanol–water partition coefficient (Wildman–Crippen LogP) is 0.367. The van der Waals surface area contributed by atoms with E-state index < -0.39 is 31.3 Å². The smallest absolute Gasteiger partial charge is 0.302 e. The predicted molar refractivity (Wildman–Crippen MR) is 73.5 cm³/mol. The van der Waals surface area contributed by atoms with Gasteiger partial charge in [0.2, 0.25) is 0 Å². The van der Waals surface area contributed by atoms with Gasteiger partial charge in [0.25, 0.3) is 0 Å². The van der Waals surface area contributed by atoms with E-state index in [0.717, 1.165) is 0 Å². The highest BCUT2D eigenvalue weighted by Crippen LogP contribution is 2.57. The molecule has 18 heteroatoms. The number of hydrogen-bond acceptors (Lipinski definition) is 7. The zero-order valence-corrected chi connectivity index (χ0v) is 15.0. The Kier molecular flexibility index (Phi) is 10.7. The summed E-state index contributed by atoms with van der Waals surface area (Å²) in [7, 11) is -19.8. The van der Waals surface area contributed by atoms with Crippen LogP contribution in [0, 0.1) is 0 Å². The van der Waals surface area contributed by atoms with Crippen LogP contribution in [0.4, 0.5) is 0 Å². The largest absolute Gasteiger partial charge is 0.481 e. The zero-order chi connectivity index (χ0) is 19.1. The molecule has 0 rings (SSSR count). The molecule has 0 spiro atoms. The molecule has 0 aliphatic carbocycles. The van der Waals surface area contributed by atoms with Crippen molar-refractivity contribution in [1.29, 1.82) is 0 Å². The Labute approximate surface area is 130 Å². The van der Waals surface area contributed by atoms with E-state index in [-0.39, 0.29) is 6.61 Å². The number of phosphoric acid groups is 4. The van der Waals surface area contributed by atoms with Crippen LogP contribution in [0.1, 0.15) is 13.3 Å². The molecule has 140 valence electrons. The first-order chi connectivity index (χ1) is 9.83. The minimum atomic E-state index is -5.05. The highest BCUT2D eigenvalue weighted by atomic mass is 31.3. The van der Waals surface area contributed by atoms with E-state index in [1.165, 1.54) is 0 Å². The van der Waals surface area contributed by atoms with E-state index >= 15 is 0 Å². The molecule has 0 saturated carbocycles. The van der Waals surface area contributed by atoms with E-state index in [0.29, 0.717) is 12.0 Å². The molecule has 0 radical (unpaired) electrons. The summed E-state index contributed by atoms with van der Waals surface area (Å²) >= 11 is 0. The third kappa shape index (κ3) is 24.6. The maximum absolute atomic E-state index is 10.8. The highest BCUT2D eigenvalue weighted by Gasteiger charge is 2.32. The first kappa shape index (κ1) is 25.5. The van der Waals surface area contributed by atoms with Gasteiger partial charge in [0.1, 0.15) is 0 Å². The van der Waals surface area contributed by atoms with Gasteiger partial charge in [0.15, 0.2) is 0 Å². The lowest BCUT2D eigenvalue weighted by molar-refractivity contribution is 0.179. The van der Waals surface area contributed by atoms with Crippen molar-refractivity contribution in [1.82, 2.24) is 0 Å². The van der Waals surface area contributed by atoms with Gasteiger partial charge in [-0.15, -0.1) is 6.58 Å². The molecule has 0 aromatic rings. The Morgan fingerprint density at radius 1 is 0.826 bits per heavy atom. The standard InChI is InChI=1S/C5H12O7P2.H4O7P2/c1-5(2)3-4-11-14(9,10)12-13(6,7)8;1-8(2,3)7-9(4,5)6/h1,3-4H2,2H3,(H,9,10)(H2,6,7,8);(H2,1,2,3)(H2,4,5,6). The van der Waals surface area contributed by atoms with Crippen LogP contribution in [0.3, 0.4) is 0 Å². The van der Waals surface area contributed by atoms with E-state index in [4.69, 9.17) is 34.3 Å². The minimum Gasteiger partial charge on any atom is -0.302 e. The molecular formula is C5H16O14P4. The molecule has 0 aromatic carbocycles. The Morgan fingerprint density at radius 2 is 1.17 bits per heavy atom. The van der Waals surface area contributed by atoms with Crippen LogP contribution >= 0.6 is 31.3 Å². The van der Waals surface area contributed by atoms with Crippen molar-refractivity contribution >= 4 is 31.3 Å². The molecule has 1 atom stereocenters. The molecule has 0 saturated heterocycles. The monoisotopic (exact) mass is 424 g/mol. The molecule has 0 fully saturated rings. The van der Waals surface area contributed by atoms with Crippen LogP contribution in [-0.4, -0.2) is 40.9 Å². The zero-order valence-electron chi connectivity index (χ0n) is 11.4. The molecule has 0 bridgehead atoms. The summed E-state index contributed by atoms with van der Waals surface area (Å²) < 4.78 is 51.0. The van der Waals surface area contributed by atoms with Crippen LogP contribution in [0.15, 0.2) is 12.2 Å². The molecular weight excluding hydrogens is 408 g/mol. The first-order valence-corrected chi connectivity index (χ1v) is 11.1. The number of phosphoric ester groups is 1. The maximum atomic E-state index is 10.8. The average Bonchev–Trinajstić information content (AvgIpc) is 2.05. The van der Waals surface area contributed by atoms with Crippen molar-refractivity contribution in [2.24, 2.45) is 0 Å². The fraction of sp³-hybridized carbons (Fsp3) is 0.600. The second-order valence-corrected chi connectivity index (χ2v) is 9.09. The van der Waals surface area contributed by atoms with Crippen molar-refractivity contribution in [3.8, 4) is 0 Å². The first-order valence-electron chi connectivity index (χ1n) is 5.04. The minimum absolute atomic E-state index is 0.191. The number of hydrogen-bond donors (Lipinski definition) is 7. The molecule has 0 aromatic heterocycles. The van der Waals surface area contributed by atoms with Crippen molar-refractivity contribution in [3.05, 3.63) is 12.2 Å². The van der Waals surface area contributed by atoms with Crippen molar-refractivity contribution < 1.29 is 65.7 Å². The topological polar surface area (TPSA) is 238 Å². The van der Waals surface area contributed by atoms with Crippen molar-refractivity contribution in [2.75, 3.05) is 6.61 Å². The van der Waals surface area contributed by atoms with Crippen molar-refractivity contribution in [2.45, 2.75) is 13.3 Å². The Hall–Kier alpha value is 0.260. The molecule has 7 N–H and O–H groups in total. The molecule has 0 aliphatic rings. The lowest BCUT2D eigenvalue weighted by Gasteiger charge is -2.11. The second kappa shape index (κ2) is 9.67. The quantitative estimate of drug-likeness (QED) is 0.206. The summed E-state index contributed by atoms with van der Waals surface area (Å²) in [6.07, 6.45) is 0.301. The maximum Gasteiger partial charge on any atom is 0.481 e. The van der Waals surface area contributed by atoms with Gasteiger partial charge in [-0.1, -0.05) is 5.57 Å². The Bertz CT molecular complexity index is 544. The summed E-state index contributed by atoms with van der Waals surface area (Å²) in [6, 6.07) is 0. The molecule has 1 unspecified atom stereocenters. The van der Waals surface area contributed by atoms with Crippen LogP contribution in [0.2, 0.25) is 0 Å². The SMILES string of the molecule is C=C(C)CCOP(=O)(O)OP(=O)(O)O.O=P(O)(O)OP(=O)(O)O. The fourth-order valence-electron chi connectivity index (χ4n) is 0.632. The summed E-state index contributed by atoms with van der Waals surface area (Å²) in [5.41, 5.74) is 0.709. The molecule has 23 heavy (non-hydrogen) atoms. The molecule has 0 amide bonds. The van der Waals surface area contributed by atoms with Gasteiger partial charge in [-0.25, -0.2) is 18.3 Å². The Balaban J connectivity index is 0. The highest BCUT2D eigenvalue weighted by molar-refractivity contribution is 7.60. The van der Waals surface area contributed by atoms with Crippen LogP contribution in [-0.2, 0) is 31.4 Å². The van der Waals surface area contributed by atoms with Gasteiger partial charge in [0.05, 0.1) is 6.61 Å². The average molecular weight is 424 g/mol. The van der Waals surface area contributed by atoms with Crippen LogP contribution in [0.25, 0.3) is 0 Å². The molecule has 0 heterocycles. The summed E-state index contributed by atoms with van der Waals surface area (Å²) in [4.78, 5) is 56.2. The van der Waals surface area contributed by atoms with E-state index in [9.17, 15) is 18.3 Å². The van der Waals surface area contributed by atoms with Crippen molar-refractivity contribution in [3.63, 3.8) is 0 Å². The lowest BCUT2D eigenvalue weighted by atomic mass is 10.3. The van der Waals surface area contributed by atoms with Crippen LogP contribution < -0.4 is 0 Å². The van der Waals surface area contributed by atoms with E-state index in [1.54, 1.807) is 6.92 Å². The van der Waals surface area contributed by atoms with Gasteiger partial charge in [-0.3, -0.25) is 4.52 Å². The second-order valence-electron chi connectivity index (χ2n) is 3.64. The van der Waals surface area contributed by atoms with Gasteiger partial charge in [0, 0.05) is 0 Å². The van der Waals surface area contributed by atoms with E-state index in [2.05, 4.69) is 19.7 Å². The van der Waals surface area contributed by atoms with Gasteiger partial charge < -0.3 is 34.3 Å². The van der Waals surface area contributed by atoms with Gasteiger partial charge in [-0.05, 0) is 13.3 Å². The third-order valence-corrected chi connectivity index (χ3v) is 5.09. The Morgan fingerprint density at radius 3 is 1.39 bits per heavy atom. The van der Waals surface area contributed by atoms with E-state index in [1.807, 2.05) is 0 Å². The normalized spacial score (nSPS) is 15.3. The summed E-state index contributed by atoms with van der Waals surface area (Å²) in [5.74, 6) is 0. The van der Waals surface area contributed by atoms with Crippen LogP contribution in [0.5, 0.6) is 0 Å².